The fraction of sp³-hybridized carbons (Fsp3) is 0.875. The maximum Gasteiger partial charge on any atom is 0.219 e. The molecule has 0 aliphatic heterocycles. The van der Waals surface area contributed by atoms with Gasteiger partial charge in [0.05, 0.1) is 12.7 Å². The third-order valence-corrected chi connectivity index (χ3v) is 1.67. The van der Waals surface area contributed by atoms with Crippen LogP contribution in [0.5, 0.6) is 0 Å². The normalized spacial score (nSPS) is 13.5. The summed E-state index contributed by atoms with van der Waals surface area (Å²) < 4.78 is 5.31. The standard InChI is InChI=1S/C8H17NO2/c1-6(2)7(3)11-5-4-8(9)10/h6-7H,4-5H2,1-3H3,(H2,9,10). The van der Waals surface area contributed by atoms with Crippen molar-refractivity contribution in [3.05, 3.63) is 0 Å². The van der Waals surface area contributed by atoms with Gasteiger partial charge in [-0.05, 0) is 12.8 Å². The van der Waals surface area contributed by atoms with E-state index in [0.717, 1.165) is 0 Å². The zero-order chi connectivity index (χ0) is 8.85. The lowest BCUT2D eigenvalue weighted by atomic mass is 10.1. The van der Waals surface area contributed by atoms with Crippen molar-refractivity contribution in [2.24, 2.45) is 11.7 Å². The van der Waals surface area contributed by atoms with Gasteiger partial charge in [0, 0.05) is 6.42 Å². The smallest absolute Gasteiger partial charge is 0.219 e. The van der Waals surface area contributed by atoms with Gasteiger partial charge >= 0.3 is 0 Å². The molecular formula is C8H17NO2. The first-order chi connectivity index (χ1) is 5.04. The number of nitrogens with two attached hydrogens (primary N) is 1. The van der Waals surface area contributed by atoms with Crippen LogP contribution in [-0.4, -0.2) is 18.6 Å². The maximum absolute atomic E-state index is 10.3. The Balaban J connectivity index is 3.31. The first-order valence-electron chi connectivity index (χ1n) is 3.94. The molecular weight excluding hydrogens is 142 g/mol. The number of rotatable bonds is 5. The fourth-order valence-electron chi connectivity index (χ4n) is 0.538. The number of ether oxygens (including phenoxy) is 1. The Bertz CT molecular complexity index is 123. The number of carbonyl (C=O) groups excluding carboxylic acids is 1. The highest BCUT2D eigenvalue weighted by atomic mass is 16.5. The largest absolute Gasteiger partial charge is 0.378 e. The Morgan fingerprint density at radius 2 is 2.00 bits per heavy atom. The molecule has 3 heteroatoms. The summed E-state index contributed by atoms with van der Waals surface area (Å²) in [6, 6.07) is 0. The molecule has 0 rings (SSSR count). The van der Waals surface area contributed by atoms with Crippen LogP contribution < -0.4 is 5.73 Å². The van der Waals surface area contributed by atoms with Gasteiger partial charge in [-0.15, -0.1) is 0 Å². The predicted molar refractivity (Wildman–Crippen MR) is 44.1 cm³/mol. The van der Waals surface area contributed by atoms with Crippen LogP contribution in [0.15, 0.2) is 0 Å². The molecule has 1 amide bonds. The molecule has 0 aromatic carbocycles. The van der Waals surface area contributed by atoms with Gasteiger partial charge in [-0.25, -0.2) is 0 Å². The summed E-state index contributed by atoms with van der Waals surface area (Å²) in [7, 11) is 0. The Kier molecular flexibility index (Phi) is 4.86. The summed E-state index contributed by atoms with van der Waals surface area (Å²) in [5.74, 6) is 0.184. The van der Waals surface area contributed by atoms with Gasteiger partial charge < -0.3 is 10.5 Å². The van der Waals surface area contributed by atoms with Crippen molar-refractivity contribution in [1.29, 1.82) is 0 Å². The van der Waals surface area contributed by atoms with Gasteiger partial charge in [0.25, 0.3) is 0 Å². The minimum absolute atomic E-state index is 0.203. The summed E-state index contributed by atoms with van der Waals surface area (Å²) in [6.45, 7) is 6.59. The van der Waals surface area contributed by atoms with Gasteiger partial charge in [0.15, 0.2) is 0 Å². The SMILES string of the molecule is CC(C)C(C)OCCC(N)=O. The first kappa shape index (κ1) is 10.4. The van der Waals surface area contributed by atoms with E-state index in [0.29, 0.717) is 18.9 Å². The molecule has 0 radical (unpaired) electrons. The summed E-state index contributed by atoms with van der Waals surface area (Å²) in [5, 5.41) is 0. The zero-order valence-corrected chi connectivity index (χ0v) is 7.46. The average Bonchev–Trinajstić information content (AvgIpc) is 1.86. The van der Waals surface area contributed by atoms with Crippen molar-refractivity contribution < 1.29 is 9.53 Å². The molecule has 1 atom stereocenters. The van der Waals surface area contributed by atoms with Gasteiger partial charge in [-0.1, -0.05) is 13.8 Å². The second kappa shape index (κ2) is 5.13. The predicted octanol–water partition coefficient (Wildman–Crippen LogP) is 0.923. The molecule has 0 saturated heterocycles. The van der Waals surface area contributed by atoms with Crippen LogP contribution in [0.1, 0.15) is 27.2 Å². The molecule has 0 fully saturated rings. The second-order valence-electron chi connectivity index (χ2n) is 3.04. The number of hydrogen-bond acceptors (Lipinski definition) is 2. The fourth-order valence-corrected chi connectivity index (χ4v) is 0.538. The van der Waals surface area contributed by atoms with Crippen molar-refractivity contribution in [3.8, 4) is 0 Å². The van der Waals surface area contributed by atoms with E-state index < -0.39 is 0 Å². The topological polar surface area (TPSA) is 52.3 Å². The van der Waals surface area contributed by atoms with E-state index in [1.165, 1.54) is 0 Å². The minimum Gasteiger partial charge on any atom is -0.378 e. The van der Waals surface area contributed by atoms with Crippen molar-refractivity contribution in [1.82, 2.24) is 0 Å². The Hall–Kier alpha value is -0.570. The molecule has 0 spiro atoms. The van der Waals surface area contributed by atoms with Crippen molar-refractivity contribution in [2.75, 3.05) is 6.61 Å². The van der Waals surface area contributed by atoms with Gasteiger partial charge in [0.2, 0.25) is 5.91 Å². The van der Waals surface area contributed by atoms with Crippen LogP contribution in [0.4, 0.5) is 0 Å². The van der Waals surface area contributed by atoms with Crippen molar-refractivity contribution in [3.63, 3.8) is 0 Å². The van der Waals surface area contributed by atoms with Crippen LogP contribution in [0, 0.1) is 5.92 Å². The van der Waals surface area contributed by atoms with Crippen molar-refractivity contribution >= 4 is 5.91 Å². The average molecular weight is 159 g/mol. The van der Waals surface area contributed by atoms with E-state index in [1.807, 2.05) is 6.92 Å². The summed E-state index contributed by atoms with van der Waals surface area (Å²) in [4.78, 5) is 10.3. The van der Waals surface area contributed by atoms with Crippen LogP contribution in [0.3, 0.4) is 0 Å². The van der Waals surface area contributed by atoms with Crippen LogP contribution >= 0.6 is 0 Å². The number of hydrogen-bond donors (Lipinski definition) is 1. The van der Waals surface area contributed by atoms with Crippen LogP contribution in [0.25, 0.3) is 0 Å². The molecule has 2 N–H and O–H groups in total. The summed E-state index contributed by atoms with van der Waals surface area (Å²) in [6.07, 6.45) is 0.520. The van der Waals surface area contributed by atoms with E-state index in [9.17, 15) is 4.79 Å². The summed E-state index contributed by atoms with van der Waals surface area (Å²) in [5.41, 5.74) is 4.94. The third kappa shape index (κ3) is 5.85. The highest BCUT2D eigenvalue weighted by Crippen LogP contribution is 2.04. The Morgan fingerprint density at radius 3 is 2.36 bits per heavy atom. The summed E-state index contributed by atoms with van der Waals surface area (Å²) >= 11 is 0. The van der Waals surface area contributed by atoms with Crippen LogP contribution in [0.2, 0.25) is 0 Å². The van der Waals surface area contributed by atoms with E-state index in [1.54, 1.807) is 0 Å². The molecule has 1 unspecified atom stereocenters. The van der Waals surface area contributed by atoms with Crippen LogP contribution in [-0.2, 0) is 9.53 Å². The van der Waals surface area contributed by atoms with Gasteiger partial charge in [0.1, 0.15) is 0 Å². The lowest BCUT2D eigenvalue weighted by Crippen LogP contribution is -2.20. The molecule has 66 valence electrons. The zero-order valence-electron chi connectivity index (χ0n) is 7.46. The lowest BCUT2D eigenvalue weighted by Gasteiger charge is -2.15. The minimum atomic E-state index is -0.305. The molecule has 3 nitrogen and oxygen atoms in total. The van der Waals surface area contributed by atoms with E-state index in [2.05, 4.69) is 13.8 Å². The van der Waals surface area contributed by atoms with E-state index in [-0.39, 0.29) is 12.0 Å². The quantitative estimate of drug-likeness (QED) is 0.648. The lowest BCUT2D eigenvalue weighted by molar-refractivity contribution is -0.119. The highest BCUT2D eigenvalue weighted by Gasteiger charge is 2.06. The maximum atomic E-state index is 10.3. The molecule has 0 aromatic heterocycles. The van der Waals surface area contributed by atoms with Gasteiger partial charge in [-0.3, -0.25) is 4.79 Å². The van der Waals surface area contributed by atoms with E-state index >= 15 is 0 Å². The Morgan fingerprint density at radius 1 is 1.45 bits per heavy atom. The van der Waals surface area contributed by atoms with E-state index in [4.69, 9.17) is 10.5 Å². The second-order valence-corrected chi connectivity index (χ2v) is 3.04. The molecule has 0 heterocycles. The number of amides is 1. The molecule has 0 bridgehead atoms. The molecule has 0 aliphatic rings. The first-order valence-corrected chi connectivity index (χ1v) is 3.94. The molecule has 0 aromatic rings. The number of primary amides is 1. The number of carbonyl (C=O) groups is 1. The van der Waals surface area contributed by atoms with Gasteiger partial charge in [-0.2, -0.15) is 0 Å². The highest BCUT2D eigenvalue weighted by molar-refractivity contribution is 5.73. The molecule has 0 saturated carbocycles. The van der Waals surface area contributed by atoms with Crippen molar-refractivity contribution in [2.45, 2.75) is 33.3 Å². The molecule has 0 aliphatic carbocycles. The monoisotopic (exact) mass is 159 g/mol. The molecule has 11 heavy (non-hydrogen) atoms. The third-order valence-electron chi connectivity index (χ3n) is 1.67. The Labute approximate surface area is 67.9 Å².